The van der Waals surface area contributed by atoms with Crippen molar-refractivity contribution in [3.05, 3.63) is 107 Å². The first-order valence-electron chi connectivity index (χ1n) is 11.4. The number of rotatable bonds is 5. The van der Waals surface area contributed by atoms with Crippen LogP contribution in [0.4, 0.5) is 29.3 Å². The number of imidazole rings is 1. The molecule has 0 saturated carbocycles. The van der Waals surface area contributed by atoms with Crippen molar-refractivity contribution < 1.29 is 22.8 Å². The van der Waals surface area contributed by atoms with Crippen LogP contribution >= 0.6 is 11.6 Å². The molecule has 196 valence electrons. The molecule has 5 aromatic rings. The van der Waals surface area contributed by atoms with Gasteiger partial charge in [-0.2, -0.15) is 13.2 Å². The lowest BCUT2D eigenvalue weighted by Gasteiger charge is -2.12. The van der Waals surface area contributed by atoms with Gasteiger partial charge in [0.25, 0.3) is 0 Å². The second-order valence-electron chi connectivity index (χ2n) is 8.53. The molecular weight excluding hydrogens is 533 g/mol. The summed E-state index contributed by atoms with van der Waals surface area (Å²) in [5, 5.41) is 4.38. The topological polar surface area (TPSA) is 102 Å². The maximum absolute atomic E-state index is 13.1. The minimum Gasteiger partial charge on any atom is -0.308 e. The number of aromatic nitrogens is 4. The Labute approximate surface area is 224 Å². The van der Waals surface area contributed by atoms with Gasteiger partial charge in [0, 0.05) is 28.7 Å². The van der Waals surface area contributed by atoms with Crippen LogP contribution in [0.15, 0.2) is 79.4 Å². The number of amides is 2. The minimum absolute atomic E-state index is 0.0817. The standard InChI is InChI=1S/C27H18ClF3N6O2/c1-15-13-37(14-33-15)24-12-32-22-9-4-17(10-23(22)36-24)25(38)16-2-5-18(6-3-16)34-26(39)35-19-7-8-21(28)20(11-19)27(29,30)31/h2-14H,1H3,(H2,34,35,39). The summed E-state index contributed by atoms with van der Waals surface area (Å²) in [7, 11) is 0. The lowest BCUT2D eigenvalue weighted by molar-refractivity contribution is -0.137. The van der Waals surface area contributed by atoms with E-state index in [9.17, 15) is 22.8 Å². The molecule has 5 rings (SSSR count). The smallest absolute Gasteiger partial charge is 0.308 e. The number of urea groups is 1. The highest BCUT2D eigenvalue weighted by Gasteiger charge is 2.33. The van der Waals surface area contributed by atoms with Crippen molar-refractivity contribution in [3.8, 4) is 5.82 Å². The highest BCUT2D eigenvalue weighted by molar-refractivity contribution is 6.31. The molecule has 39 heavy (non-hydrogen) atoms. The third-order valence-electron chi connectivity index (χ3n) is 5.70. The zero-order valence-electron chi connectivity index (χ0n) is 20.1. The normalized spacial score (nSPS) is 11.4. The maximum atomic E-state index is 13.1. The minimum atomic E-state index is -4.66. The Morgan fingerprint density at radius 3 is 2.26 bits per heavy atom. The van der Waals surface area contributed by atoms with Crippen LogP contribution in [0, 0.1) is 6.92 Å². The van der Waals surface area contributed by atoms with E-state index in [-0.39, 0.29) is 11.5 Å². The number of fused-ring (bicyclic) bond motifs is 1. The molecule has 2 aromatic heterocycles. The van der Waals surface area contributed by atoms with Crippen molar-refractivity contribution in [3.63, 3.8) is 0 Å². The van der Waals surface area contributed by atoms with Gasteiger partial charge in [-0.3, -0.25) is 14.3 Å². The summed E-state index contributed by atoms with van der Waals surface area (Å²) in [6.07, 6.45) is 0.406. The van der Waals surface area contributed by atoms with Gasteiger partial charge in [0.1, 0.15) is 6.33 Å². The molecule has 0 spiro atoms. The predicted molar refractivity (Wildman–Crippen MR) is 140 cm³/mol. The number of nitrogens with zero attached hydrogens (tertiary/aromatic N) is 4. The predicted octanol–water partition coefficient (Wildman–Crippen LogP) is 6.67. The summed E-state index contributed by atoms with van der Waals surface area (Å²) >= 11 is 5.61. The third kappa shape index (κ3) is 5.73. The van der Waals surface area contributed by atoms with Crippen LogP contribution in [0.3, 0.4) is 0 Å². The Kier molecular flexibility index (Phi) is 6.75. The van der Waals surface area contributed by atoms with E-state index in [0.29, 0.717) is 33.7 Å². The van der Waals surface area contributed by atoms with Gasteiger partial charge in [-0.15, -0.1) is 0 Å². The Morgan fingerprint density at radius 1 is 0.872 bits per heavy atom. The highest BCUT2D eigenvalue weighted by Crippen LogP contribution is 2.36. The molecule has 12 heteroatoms. The van der Waals surface area contributed by atoms with Gasteiger partial charge in [-0.05, 0) is 67.6 Å². The third-order valence-corrected chi connectivity index (χ3v) is 6.03. The van der Waals surface area contributed by atoms with E-state index >= 15 is 0 Å². The highest BCUT2D eigenvalue weighted by atomic mass is 35.5. The molecule has 8 nitrogen and oxygen atoms in total. The summed E-state index contributed by atoms with van der Waals surface area (Å²) in [5.41, 5.74) is 1.95. The Hall–Kier alpha value is -4.77. The van der Waals surface area contributed by atoms with Crippen LogP contribution in [0.1, 0.15) is 27.2 Å². The molecule has 2 N–H and O–H groups in total. The second-order valence-corrected chi connectivity index (χ2v) is 8.94. The monoisotopic (exact) mass is 550 g/mol. The average molecular weight is 551 g/mol. The number of carbonyl (C=O) groups is 2. The van der Waals surface area contributed by atoms with Gasteiger partial charge in [-0.1, -0.05) is 11.6 Å². The van der Waals surface area contributed by atoms with Crippen LogP contribution in [0.25, 0.3) is 16.9 Å². The zero-order valence-corrected chi connectivity index (χ0v) is 20.9. The Bertz CT molecular complexity index is 1720. The molecule has 2 heterocycles. The van der Waals surface area contributed by atoms with Crippen LogP contribution in [0.5, 0.6) is 0 Å². The number of halogens is 4. The summed E-state index contributed by atoms with van der Waals surface area (Å²) in [4.78, 5) is 38.6. The van der Waals surface area contributed by atoms with E-state index in [2.05, 4.69) is 25.6 Å². The van der Waals surface area contributed by atoms with Gasteiger partial charge in [0.15, 0.2) is 11.6 Å². The van der Waals surface area contributed by atoms with Gasteiger partial charge < -0.3 is 10.6 Å². The fourth-order valence-corrected chi connectivity index (χ4v) is 4.02. The number of nitrogens with one attached hydrogen (secondary N) is 2. The second kappa shape index (κ2) is 10.2. The van der Waals surface area contributed by atoms with Crippen molar-refractivity contribution in [2.75, 3.05) is 10.6 Å². The molecule has 2 amide bonds. The molecule has 0 radical (unpaired) electrons. The lowest BCUT2D eigenvalue weighted by atomic mass is 10.0. The molecular formula is C27H18ClF3N6O2. The van der Waals surface area contributed by atoms with Gasteiger partial charge in [0.2, 0.25) is 0 Å². The van der Waals surface area contributed by atoms with Gasteiger partial charge in [0.05, 0.1) is 33.5 Å². The molecule has 0 bridgehead atoms. The fourth-order valence-electron chi connectivity index (χ4n) is 3.80. The van der Waals surface area contributed by atoms with E-state index in [1.807, 2.05) is 13.1 Å². The van der Waals surface area contributed by atoms with E-state index < -0.39 is 22.8 Å². The number of ketones is 1. The molecule has 0 aliphatic carbocycles. The largest absolute Gasteiger partial charge is 0.417 e. The van der Waals surface area contributed by atoms with Crippen molar-refractivity contribution >= 4 is 45.8 Å². The van der Waals surface area contributed by atoms with Crippen LogP contribution < -0.4 is 10.6 Å². The first-order chi connectivity index (χ1) is 18.6. The van der Waals surface area contributed by atoms with Crippen molar-refractivity contribution in [1.82, 2.24) is 19.5 Å². The number of alkyl halides is 3. The maximum Gasteiger partial charge on any atom is 0.417 e. The number of hydrogen-bond acceptors (Lipinski definition) is 5. The van der Waals surface area contributed by atoms with Crippen LogP contribution in [0.2, 0.25) is 5.02 Å². The van der Waals surface area contributed by atoms with E-state index in [0.717, 1.165) is 17.8 Å². The number of aryl methyl sites for hydroxylation is 1. The van der Waals surface area contributed by atoms with Crippen LogP contribution in [-0.2, 0) is 6.18 Å². The Balaban J connectivity index is 1.28. The van der Waals surface area contributed by atoms with E-state index in [1.165, 1.54) is 30.3 Å². The summed E-state index contributed by atoms with van der Waals surface area (Å²) in [5.74, 6) is 0.300. The number of hydrogen-bond donors (Lipinski definition) is 2. The van der Waals surface area contributed by atoms with Crippen LogP contribution in [-0.4, -0.2) is 31.3 Å². The summed E-state index contributed by atoms with van der Waals surface area (Å²) < 4.78 is 40.9. The fraction of sp³-hybridized carbons (Fsp3) is 0.0741. The molecule has 0 atom stereocenters. The summed E-state index contributed by atoms with van der Waals surface area (Å²) in [6, 6.07) is 13.4. The van der Waals surface area contributed by atoms with Crippen molar-refractivity contribution in [1.29, 1.82) is 0 Å². The zero-order chi connectivity index (χ0) is 27.7. The van der Waals surface area contributed by atoms with Gasteiger partial charge in [-0.25, -0.2) is 14.8 Å². The molecule has 0 fully saturated rings. The van der Waals surface area contributed by atoms with Crippen molar-refractivity contribution in [2.24, 2.45) is 0 Å². The quantitative estimate of drug-likeness (QED) is 0.238. The first-order valence-corrected chi connectivity index (χ1v) is 11.8. The number of anilines is 2. The van der Waals surface area contributed by atoms with E-state index in [4.69, 9.17) is 11.6 Å². The molecule has 3 aromatic carbocycles. The first kappa shape index (κ1) is 25.9. The Morgan fingerprint density at radius 2 is 1.56 bits per heavy atom. The number of benzene rings is 3. The SMILES string of the molecule is Cc1cn(-c2cnc3ccc(C(=O)c4ccc(NC(=O)Nc5ccc(Cl)c(C(F)(F)F)c5)cc4)cc3n2)cn1. The van der Waals surface area contributed by atoms with Crippen molar-refractivity contribution in [2.45, 2.75) is 13.1 Å². The molecule has 0 aliphatic rings. The van der Waals surface area contributed by atoms with Gasteiger partial charge >= 0.3 is 12.2 Å². The molecule has 0 saturated heterocycles. The average Bonchev–Trinajstić information content (AvgIpc) is 3.34. The summed E-state index contributed by atoms with van der Waals surface area (Å²) in [6.45, 7) is 1.86. The van der Waals surface area contributed by atoms with E-state index in [1.54, 1.807) is 35.3 Å². The lowest BCUT2D eigenvalue weighted by Crippen LogP contribution is -2.20. The molecule has 0 unspecified atom stereocenters. The number of carbonyl (C=O) groups excluding carboxylic acids is 2. The molecule has 0 aliphatic heterocycles.